The number of rotatable bonds is 8. The summed E-state index contributed by atoms with van der Waals surface area (Å²) in [5.74, 6) is -0.559. The molecule has 1 aromatic carbocycles. The van der Waals surface area contributed by atoms with Crippen LogP contribution < -0.4 is 15.5 Å². The molecule has 4 rings (SSSR count). The van der Waals surface area contributed by atoms with Crippen LogP contribution in [0.25, 0.3) is 0 Å². The smallest absolute Gasteiger partial charge is 0.252 e. The Kier molecular flexibility index (Phi) is 8.12. The summed E-state index contributed by atoms with van der Waals surface area (Å²) >= 11 is 0. The Morgan fingerprint density at radius 1 is 1.08 bits per heavy atom. The number of hydrogen-bond donors (Lipinski definition) is 2. The van der Waals surface area contributed by atoms with Gasteiger partial charge in [0.05, 0.1) is 0 Å². The summed E-state index contributed by atoms with van der Waals surface area (Å²) < 4.78 is 4.96. The lowest BCUT2D eigenvalue weighted by Gasteiger charge is -2.32. The molecule has 2 aromatic heterocycles. The zero-order valence-electron chi connectivity index (χ0n) is 21.2. The lowest BCUT2D eigenvalue weighted by atomic mass is 10.0. The number of aromatic nitrogens is 2. The van der Waals surface area contributed by atoms with Gasteiger partial charge in [-0.3, -0.25) is 24.3 Å². The van der Waals surface area contributed by atoms with Crippen molar-refractivity contribution in [2.24, 2.45) is 0 Å². The van der Waals surface area contributed by atoms with Gasteiger partial charge in [0.1, 0.15) is 11.8 Å². The molecule has 2 N–H and O–H groups in total. The number of carbonyl (C=O) groups is 3. The molecule has 37 heavy (non-hydrogen) atoms. The highest BCUT2D eigenvalue weighted by Crippen LogP contribution is 2.32. The summed E-state index contributed by atoms with van der Waals surface area (Å²) in [5.41, 5.74) is 2.90. The number of pyridine rings is 1. The normalized spacial score (nSPS) is 14.5. The summed E-state index contributed by atoms with van der Waals surface area (Å²) in [7, 11) is 0. The molecule has 9 nitrogen and oxygen atoms in total. The number of nitrogens with zero attached hydrogens (tertiary/aromatic N) is 3. The van der Waals surface area contributed by atoms with E-state index in [9.17, 15) is 14.4 Å². The first-order chi connectivity index (χ1) is 17.8. The van der Waals surface area contributed by atoms with Crippen LogP contribution in [-0.4, -0.2) is 33.9 Å². The van der Waals surface area contributed by atoms with Gasteiger partial charge >= 0.3 is 0 Å². The Morgan fingerprint density at radius 3 is 2.54 bits per heavy atom. The fourth-order valence-electron chi connectivity index (χ4n) is 4.49. The van der Waals surface area contributed by atoms with E-state index in [4.69, 9.17) is 4.52 Å². The first-order valence-electron chi connectivity index (χ1n) is 12.3. The van der Waals surface area contributed by atoms with E-state index in [-0.39, 0.29) is 17.8 Å². The van der Waals surface area contributed by atoms with Crippen molar-refractivity contribution >= 4 is 29.2 Å². The molecule has 1 fully saturated rings. The SMILES string of the molecule is Cc1ccc(C)c(N(C(=O)/C=C/C(=O)Nc2cc(C)on2)C(C(=O)NC2CCCC2)c2cccnc2)c1. The standard InChI is InChI=1S/C28H31N5O4/c1-18-10-11-19(2)23(15-18)33(26(35)13-12-25(34)31-24-16-20(3)37-32-24)27(21-7-6-14-29-17-21)28(36)30-22-8-4-5-9-22/h6-7,10-17,22,27H,4-5,8-9H2,1-3H3,(H,30,36)(H,31,32,34)/b13-12+. The predicted octanol–water partition coefficient (Wildman–Crippen LogP) is 4.32. The number of carbonyl (C=O) groups excluding carboxylic acids is 3. The number of anilines is 2. The summed E-state index contributed by atoms with van der Waals surface area (Å²) in [5, 5.41) is 9.42. The number of benzene rings is 1. The molecular formula is C28H31N5O4. The summed E-state index contributed by atoms with van der Waals surface area (Å²) in [6, 6.07) is 9.89. The van der Waals surface area contributed by atoms with Crippen molar-refractivity contribution in [2.45, 2.75) is 58.5 Å². The molecule has 0 radical (unpaired) electrons. The van der Waals surface area contributed by atoms with Crippen molar-refractivity contribution < 1.29 is 18.9 Å². The van der Waals surface area contributed by atoms with Crippen molar-refractivity contribution in [1.29, 1.82) is 0 Å². The number of amides is 3. The Hall–Kier alpha value is -4.27. The molecule has 1 saturated carbocycles. The van der Waals surface area contributed by atoms with E-state index in [1.165, 1.54) is 4.90 Å². The van der Waals surface area contributed by atoms with E-state index in [1.807, 2.05) is 32.0 Å². The molecule has 1 aliphatic rings. The van der Waals surface area contributed by atoms with E-state index in [2.05, 4.69) is 20.8 Å². The van der Waals surface area contributed by atoms with Gasteiger partial charge in [-0.25, -0.2) is 0 Å². The van der Waals surface area contributed by atoms with Gasteiger partial charge in [-0.05, 0) is 56.9 Å². The van der Waals surface area contributed by atoms with Crippen LogP contribution in [0.5, 0.6) is 0 Å². The van der Waals surface area contributed by atoms with Crippen LogP contribution in [0.15, 0.2) is 65.5 Å². The van der Waals surface area contributed by atoms with E-state index in [0.29, 0.717) is 17.0 Å². The van der Waals surface area contributed by atoms with Crippen LogP contribution in [-0.2, 0) is 14.4 Å². The van der Waals surface area contributed by atoms with Gasteiger partial charge in [-0.2, -0.15) is 0 Å². The first kappa shape index (κ1) is 25.8. The molecule has 0 saturated heterocycles. The fraction of sp³-hybridized carbons (Fsp3) is 0.321. The third kappa shape index (κ3) is 6.49. The van der Waals surface area contributed by atoms with Crippen LogP contribution in [0.2, 0.25) is 0 Å². The van der Waals surface area contributed by atoms with Crippen molar-refractivity contribution in [3.63, 3.8) is 0 Å². The Balaban J connectivity index is 1.70. The minimum Gasteiger partial charge on any atom is -0.360 e. The molecule has 0 bridgehead atoms. The van der Waals surface area contributed by atoms with Crippen molar-refractivity contribution in [3.8, 4) is 0 Å². The topological polar surface area (TPSA) is 117 Å². The van der Waals surface area contributed by atoms with Gasteiger partial charge in [0.25, 0.3) is 5.91 Å². The Bertz CT molecular complexity index is 1290. The monoisotopic (exact) mass is 501 g/mol. The first-order valence-corrected chi connectivity index (χ1v) is 12.3. The van der Waals surface area contributed by atoms with Crippen LogP contribution in [0, 0.1) is 20.8 Å². The van der Waals surface area contributed by atoms with Gasteiger partial charge in [0.15, 0.2) is 5.82 Å². The van der Waals surface area contributed by atoms with Crippen molar-refractivity contribution in [3.05, 3.63) is 83.4 Å². The lowest BCUT2D eigenvalue weighted by molar-refractivity contribution is -0.125. The number of nitrogens with one attached hydrogen (secondary N) is 2. The van der Waals surface area contributed by atoms with E-state index < -0.39 is 17.9 Å². The molecule has 3 amide bonds. The highest BCUT2D eigenvalue weighted by atomic mass is 16.5. The van der Waals surface area contributed by atoms with Crippen LogP contribution in [0.4, 0.5) is 11.5 Å². The molecule has 9 heteroatoms. The Morgan fingerprint density at radius 2 is 1.86 bits per heavy atom. The van der Waals surface area contributed by atoms with Gasteiger partial charge in [0, 0.05) is 47.9 Å². The second kappa shape index (κ2) is 11.6. The number of aryl methyl sites for hydroxylation is 3. The van der Waals surface area contributed by atoms with E-state index in [1.54, 1.807) is 37.5 Å². The van der Waals surface area contributed by atoms with Gasteiger partial charge in [-0.15, -0.1) is 0 Å². The largest absolute Gasteiger partial charge is 0.360 e. The summed E-state index contributed by atoms with van der Waals surface area (Å²) in [4.78, 5) is 45.6. The van der Waals surface area contributed by atoms with Crippen LogP contribution in [0.1, 0.15) is 54.2 Å². The average molecular weight is 502 g/mol. The predicted molar refractivity (Wildman–Crippen MR) is 140 cm³/mol. The van der Waals surface area contributed by atoms with Crippen LogP contribution >= 0.6 is 0 Å². The minimum atomic E-state index is -0.979. The molecule has 1 aliphatic carbocycles. The third-order valence-corrected chi connectivity index (χ3v) is 6.33. The van der Waals surface area contributed by atoms with Gasteiger partial charge in [-0.1, -0.05) is 36.2 Å². The van der Waals surface area contributed by atoms with E-state index in [0.717, 1.165) is 49.0 Å². The average Bonchev–Trinajstić information content (AvgIpc) is 3.54. The van der Waals surface area contributed by atoms with Gasteiger partial charge in [0.2, 0.25) is 11.8 Å². The zero-order chi connectivity index (χ0) is 26.4. The lowest BCUT2D eigenvalue weighted by Crippen LogP contribution is -2.46. The number of hydrogen-bond acceptors (Lipinski definition) is 6. The molecule has 1 atom stereocenters. The minimum absolute atomic E-state index is 0.0643. The quantitative estimate of drug-likeness (QED) is 0.444. The third-order valence-electron chi connectivity index (χ3n) is 6.33. The molecule has 0 spiro atoms. The van der Waals surface area contributed by atoms with Crippen LogP contribution in [0.3, 0.4) is 0 Å². The molecule has 3 aromatic rings. The highest BCUT2D eigenvalue weighted by Gasteiger charge is 2.34. The second-order valence-electron chi connectivity index (χ2n) is 9.32. The van der Waals surface area contributed by atoms with Crippen molar-refractivity contribution in [1.82, 2.24) is 15.5 Å². The Labute approximate surface area is 215 Å². The highest BCUT2D eigenvalue weighted by molar-refractivity contribution is 6.10. The maximum Gasteiger partial charge on any atom is 0.252 e. The molecular weight excluding hydrogens is 470 g/mol. The zero-order valence-corrected chi connectivity index (χ0v) is 21.2. The molecule has 0 aliphatic heterocycles. The van der Waals surface area contributed by atoms with Crippen molar-refractivity contribution in [2.75, 3.05) is 10.2 Å². The van der Waals surface area contributed by atoms with E-state index >= 15 is 0 Å². The molecule has 2 heterocycles. The fourth-order valence-corrected chi connectivity index (χ4v) is 4.49. The molecule has 192 valence electrons. The maximum atomic E-state index is 13.7. The summed E-state index contributed by atoms with van der Waals surface area (Å²) in [6.45, 7) is 5.51. The second-order valence-corrected chi connectivity index (χ2v) is 9.32. The van der Waals surface area contributed by atoms with Gasteiger partial charge < -0.3 is 15.2 Å². The molecule has 1 unspecified atom stereocenters. The maximum absolute atomic E-state index is 13.7. The summed E-state index contributed by atoms with van der Waals surface area (Å²) in [6.07, 6.45) is 9.43.